The summed E-state index contributed by atoms with van der Waals surface area (Å²) in [5.41, 5.74) is 1.16. The zero-order valence-corrected chi connectivity index (χ0v) is 11.8. The maximum Gasteiger partial charge on any atom is 1.00 e. The summed E-state index contributed by atoms with van der Waals surface area (Å²) < 4.78 is 1.44. The molecule has 0 fully saturated rings. The Hall–Kier alpha value is -0.550. The molecular weight excluding hydrogens is 239 g/mol. The number of carboxylic acids is 1. The molecule has 0 aliphatic rings. The van der Waals surface area contributed by atoms with Crippen molar-refractivity contribution >= 4 is 23.2 Å². The minimum Gasteiger partial charge on any atom is -0.543 e. The minimum atomic E-state index is -1.23. The topological polar surface area (TPSA) is 57.4 Å². The van der Waals surface area contributed by atoms with Gasteiger partial charge in [-0.15, -0.1) is 0 Å². The molecule has 0 atom stereocenters. The van der Waals surface area contributed by atoms with Crippen LogP contribution in [0.5, 0.6) is 0 Å². The molecule has 0 amide bonds. The van der Waals surface area contributed by atoms with Crippen LogP contribution in [0.3, 0.4) is 0 Å². The number of rotatable bonds is 2. The molecule has 0 spiro atoms. The van der Waals surface area contributed by atoms with Crippen molar-refractivity contribution in [3.05, 3.63) is 34.7 Å². The normalized spacial score (nSPS) is 10.1. The van der Waals surface area contributed by atoms with Crippen LogP contribution in [-0.4, -0.2) is 15.4 Å². The summed E-state index contributed by atoms with van der Waals surface area (Å²) in [5.74, 6) is -1.23. The van der Waals surface area contributed by atoms with Crippen LogP contribution in [0.2, 0.25) is 5.02 Å². The molecule has 2 rings (SSSR count). The maximum atomic E-state index is 11.0. The van der Waals surface area contributed by atoms with Gasteiger partial charge in [-0.1, -0.05) is 18.5 Å². The van der Waals surface area contributed by atoms with Gasteiger partial charge in [-0.25, -0.2) is 4.98 Å². The minimum absolute atomic E-state index is 0. The Morgan fingerprint density at radius 1 is 1.56 bits per heavy atom. The predicted molar refractivity (Wildman–Crippen MR) is 53.9 cm³/mol. The van der Waals surface area contributed by atoms with Gasteiger partial charge >= 0.3 is 29.6 Å². The predicted octanol–water partition coefficient (Wildman–Crippen LogP) is -2.08. The Morgan fingerprint density at radius 3 is 2.81 bits per heavy atom. The van der Waals surface area contributed by atoms with Gasteiger partial charge in [-0.05, 0) is 18.6 Å². The van der Waals surface area contributed by atoms with Gasteiger partial charge in [0.05, 0.1) is 22.4 Å². The Labute approximate surface area is 120 Å². The van der Waals surface area contributed by atoms with E-state index in [0.29, 0.717) is 22.8 Å². The second-order valence-electron chi connectivity index (χ2n) is 3.12. The van der Waals surface area contributed by atoms with Crippen LogP contribution in [0.25, 0.3) is 5.65 Å². The Bertz CT molecular complexity index is 539. The van der Waals surface area contributed by atoms with Crippen LogP contribution in [0.15, 0.2) is 18.3 Å². The summed E-state index contributed by atoms with van der Waals surface area (Å²) in [6, 6.07) is 3.34. The maximum absolute atomic E-state index is 11.0. The third-order valence-electron chi connectivity index (χ3n) is 2.18. The number of fused-ring (bicyclic) bond motifs is 1. The van der Waals surface area contributed by atoms with Crippen LogP contribution in [0.1, 0.15) is 23.1 Å². The number of hydrogen-bond acceptors (Lipinski definition) is 3. The number of hydrogen-bond donors (Lipinski definition) is 0. The van der Waals surface area contributed by atoms with Crippen molar-refractivity contribution in [3.63, 3.8) is 0 Å². The molecule has 0 aromatic carbocycles. The first-order valence-corrected chi connectivity index (χ1v) is 4.89. The number of halogens is 1. The van der Waals surface area contributed by atoms with Crippen molar-refractivity contribution in [1.29, 1.82) is 0 Å². The third kappa shape index (κ3) is 2.25. The summed E-state index contributed by atoms with van der Waals surface area (Å²) in [5, 5.41) is 11.4. The van der Waals surface area contributed by atoms with Gasteiger partial charge in [0.25, 0.3) is 0 Å². The zero-order chi connectivity index (χ0) is 11.0. The number of carbonyl (C=O) groups is 1. The molecular formula is C10H8ClN2NaO2. The van der Waals surface area contributed by atoms with Gasteiger partial charge < -0.3 is 9.90 Å². The SMILES string of the molecule is CCc1nc2ccc(Cl)cn2c1C(=O)[O-].[Na+]. The summed E-state index contributed by atoms with van der Waals surface area (Å²) in [7, 11) is 0. The van der Waals surface area contributed by atoms with E-state index in [-0.39, 0.29) is 35.3 Å². The fourth-order valence-electron chi connectivity index (χ4n) is 1.53. The molecule has 0 aliphatic heterocycles. The van der Waals surface area contributed by atoms with Crippen LogP contribution < -0.4 is 34.7 Å². The number of aromatic nitrogens is 2. The van der Waals surface area contributed by atoms with E-state index >= 15 is 0 Å². The molecule has 16 heavy (non-hydrogen) atoms. The second-order valence-corrected chi connectivity index (χ2v) is 3.56. The number of imidazole rings is 1. The second kappa shape index (κ2) is 5.19. The number of carboxylic acid groups (broad SMARTS) is 1. The molecule has 6 heteroatoms. The van der Waals surface area contributed by atoms with E-state index in [1.165, 1.54) is 10.6 Å². The molecule has 0 aliphatic carbocycles. The molecule has 0 saturated carbocycles. The molecule has 0 radical (unpaired) electrons. The standard InChI is InChI=1S/C10H9ClN2O2.Na/c1-2-7-9(10(14)15)13-5-6(11)3-4-8(13)12-7;/h3-5H,2H2,1H3,(H,14,15);/q;+1/p-1. The summed E-state index contributed by atoms with van der Waals surface area (Å²) in [6.45, 7) is 1.84. The molecule has 2 aromatic heterocycles. The first-order chi connectivity index (χ1) is 7.13. The molecule has 78 valence electrons. The van der Waals surface area contributed by atoms with Gasteiger partial charge in [-0.3, -0.25) is 4.40 Å². The van der Waals surface area contributed by atoms with Crippen molar-refractivity contribution in [2.45, 2.75) is 13.3 Å². The van der Waals surface area contributed by atoms with E-state index < -0.39 is 5.97 Å². The number of aryl methyl sites for hydroxylation is 1. The van der Waals surface area contributed by atoms with Crippen molar-refractivity contribution in [1.82, 2.24) is 9.38 Å². The largest absolute Gasteiger partial charge is 1.00 e. The Morgan fingerprint density at radius 2 is 2.25 bits per heavy atom. The van der Waals surface area contributed by atoms with Crippen molar-refractivity contribution in [2.75, 3.05) is 0 Å². The van der Waals surface area contributed by atoms with Gasteiger partial charge in [-0.2, -0.15) is 0 Å². The average Bonchev–Trinajstić information content (AvgIpc) is 2.55. The van der Waals surface area contributed by atoms with E-state index in [9.17, 15) is 9.90 Å². The van der Waals surface area contributed by atoms with Gasteiger partial charge in [0, 0.05) is 6.20 Å². The molecule has 2 heterocycles. The van der Waals surface area contributed by atoms with Crippen molar-refractivity contribution < 1.29 is 39.5 Å². The van der Waals surface area contributed by atoms with Gasteiger partial charge in [0.15, 0.2) is 0 Å². The van der Waals surface area contributed by atoms with E-state index in [0.717, 1.165) is 0 Å². The number of nitrogens with zero attached hydrogens (tertiary/aromatic N) is 2. The average molecular weight is 247 g/mol. The summed E-state index contributed by atoms with van der Waals surface area (Å²) >= 11 is 5.79. The Kier molecular flexibility index (Phi) is 4.38. The van der Waals surface area contributed by atoms with Gasteiger partial charge in [0.2, 0.25) is 0 Å². The van der Waals surface area contributed by atoms with Gasteiger partial charge in [0.1, 0.15) is 5.65 Å². The van der Waals surface area contributed by atoms with Crippen LogP contribution in [0, 0.1) is 0 Å². The third-order valence-corrected chi connectivity index (χ3v) is 2.41. The van der Waals surface area contributed by atoms with Crippen molar-refractivity contribution in [3.8, 4) is 0 Å². The monoisotopic (exact) mass is 246 g/mol. The van der Waals surface area contributed by atoms with Crippen LogP contribution in [0.4, 0.5) is 0 Å². The molecule has 0 N–H and O–H groups in total. The van der Waals surface area contributed by atoms with E-state index in [1.54, 1.807) is 12.1 Å². The van der Waals surface area contributed by atoms with E-state index in [1.807, 2.05) is 6.92 Å². The zero-order valence-electron chi connectivity index (χ0n) is 9.03. The summed E-state index contributed by atoms with van der Waals surface area (Å²) in [6.07, 6.45) is 2.07. The fourth-order valence-corrected chi connectivity index (χ4v) is 1.69. The number of carbonyl (C=O) groups excluding carboxylic acids is 1. The van der Waals surface area contributed by atoms with Crippen LogP contribution in [-0.2, 0) is 6.42 Å². The fraction of sp³-hybridized carbons (Fsp3) is 0.200. The van der Waals surface area contributed by atoms with Crippen molar-refractivity contribution in [2.24, 2.45) is 0 Å². The number of aromatic carboxylic acids is 1. The quantitative estimate of drug-likeness (QED) is 0.572. The smallest absolute Gasteiger partial charge is 0.543 e. The van der Waals surface area contributed by atoms with E-state index in [2.05, 4.69) is 4.98 Å². The van der Waals surface area contributed by atoms with E-state index in [4.69, 9.17) is 11.6 Å². The first kappa shape index (κ1) is 13.5. The number of pyridine rings is 1. The molecule has 0 saturated heterocycles. The molecule has 0 unspecified atom stereocenters. The molecule has 2 aromatic rings. The first-order valence-electron chi connectivity index (χ1n) is 4.51. The molecule has 4 nitrogen and oxygen atoms in total. The molecule has 0 bridgehead atoms. The summed E-state index contributed by atoms with van der Waals surface area (Å²) in [4.78, 5) is 15.1. The Balaban J connectivity index is 0.00000128. The van der Waals surface area contributed by atoms with Crippen LogP contribution >= 0.6 is 11.6 Å².